The fourth-order valence-corrected chi connectivity index (χ4v) is 2.92. The summed E-state index contributed by atoms with van der Waals surface area (Å²) < 4.78 is 0. The van der Waals surface area contributed by atoms with Crippen molar-refractivity contribution in [1.82, 2.24) is 10.3 Å². The Hall–Kier alpha value is -2.92. The first-order chi connectivity index (χ1) is 12.7. The Labute approximate surface area is 153 Å². The fourth-order valence-electron chi connectivity index (χ4n) is 2.92. The zero-order valence-corrected chi connectivity index (χ0v) is 14.8. The third-order valence-electron chi connectivity index (χ3n) is 4.26. The van der Waals surface area contributed by atoms with Gasteiger partial charge in [-0.2, -0.15) is 0 Å². The average molecular weight is 349 g/mol. The van der Waals surface area contributed by atoms with Crippen LogP contribution in [0.15, 0.2) is 60.7 Å². The number of aromatic nitrogens is 1. The Balaban J connectivity index is 1.74. The number of anilines is 1. The summed E-state index contributed by atoms with van der Waals surface area (Å²) in [6.07, 6.45) is 1.36. The Kier molecular flexibility index (Phi) is 5.81. The van der Waals surface area contributed by atoms with E-state index in [2.05, 4.69) is 15.6 Å². The standard InChI is InChI=1S/C21H23N3O2/c1-2-16-13-20(18-10-6-7-11-19(18)22-16)24-21(26)23-17(14-25)12-15-8-4-3-5-9-15/h3-11,13,17,25H,2,12,14H2,1H3,(H2,22,23,24,26)/t17-/m1/s1. The van der Waals surface area contributed by atoms with Crippen LogP contribution in [0.1, 0.15) is 18.2 Å². The quantitative estimate of drug-likeness (QED) is 0.637. The number of nitrogens with one attached hydrogen (secondary N) is 2. The number of urea groups is 1. The van der Waals surface area contributed by atoms with E-state index in [0.29, 0.717) is 6.42 Å². The first-order valence-electron chi connectivity index (χ1n) is 8.80. The van der Waals surface area contributed by atoms with Crippen molar-refractivity contribution in [2.45, 2.75) is 25.8 Å². The number of aliphatic hydroxyl groups excluding tert-OH is 1. The van der Waals surface area contributed by atoms with E-state index >= 15 is 0 Å². The smallest absolute Gasteiger partial charge is 0.319 e. The van der Waals surface area contributed by atoms with Gasteiger partial charge in [-0.05, 0) is 30.5 Å². The van der Waals surface area contributed by atoms with E-state index in [4.69, 9.17) is 0 Å². The number of carbonyl (C=O) groups is 1. The van der Waals surface area contributed by atoms with E-state index in [1.165, 1.54) is 0 Å². The van der Waals surface area contributed by atoms with Crippen LogP contribution >= 0.6 is 0 Å². The highest BCUT2D eigenvalue weighted by atomic mass is 16.3. The van der Waals surface area contributed by atoms with Crippen molar-refractivity contribution in [3.05, 3.63) is 71.9 Å². The maximum atomic E-state index is 12.5. The van der Waals surface area contributed by atoms with Crippen molar-refractivity contribution in [1.29, 1.82) is 0 Å². The van der Waals surface area contributed by atoms with Crippen LogP contribution in [0.4, 0.5) is 10.5 Å². The molecule has 1 atom stereocenters. The van der Waals surface area contributed by atoms with Crippen molar-refractivity contribution >= 4 is 22.6 Å². The van der Waals surface area contributed by atoms with Crippen molar-refractivity contribution in [3.8, 4) is 0 Å². The lowest BCUT2D eigenvalue weighted by Crippen LogP contribution is -2.41. The SMILES string of the molecule is CCc1cc(NC(=O)N[C@@H](CO)Cc2ccccc2)c2ccccc2n1. The number of carbonyl (C=O) groups excluding carboxylic acids is 1. The van der Waals surface area contributed by atoms with Crippen molar-refractivity contribution < 1.29 is 9.90 Å². The van der Waals surface area contributed by atoms with Crippen LogP contribution in [0.5, 0.6) is 0 Å². The van der Waals surface area contributed by atoms with Gasteiger partial charge in [0.1, 0.15) is 0 Å². The summed E-state index contributed by atoms with van der Waals surface area (Å²) in [4.78, 5) is 17.0. The molecule has 2 amide bonds. The number of amides is 2. The van der Waals surface area contributed by atoms with Crippen molar-refractivity contribution in [2.24, 2.45) is 0 Å². The van der Waals surface area contributed by atoms with Crippen LogP contribution in [0, 0.1) is 0 Å². The molecule has 5 nitrogen and oxygen atoms in total. The molecule has 3 aromatic rings. The summed E-state index contributed by atoms with van der Waals surface area (Å²) in [5, 5.41) is 16.3. The summed E-state index contributed by atoms with van der Waals surface area (Å²) in [7, 11) is 0. The van der Waals surface area contributed by atoms with Gasteiger partial charge < -0.3 is 15.7 Å². The predicted octanol–water partition coefficient (Wildman–Crippen LogP) is 3.52. The Morgan fingerprint density at radius 1 is 1.12 bits per heavy atom. The molecule has 0 spiro atoms. The maximum absolute atomic E-state index is 12.5. The number of nitrogens with zero attached hydrogens (tertiary/aromatic N) is 1. The van der Waals surface area contributed by atoms with Crippen LogP contribution in [-0.4, -0.2) is 28.8 Å². The number of hydrogen-bond donors (Lipinski definition) is 3. The monoisotopic (exact) mass is 349 g/mol. The average Bonchev–Trinajstić information content (AvgIpc) is 2.68. The number of rotatable bonds is 6. The first-order valence-corrected chi connectivity index (χ1v) is 8.80. The summed E-state index contributed by atoms with van der Waals surface area (Å²) in [6, 6.07) is 18.7. The Bertz CT molecular complexity index is 881. The van der Waals surface area contributed by atoms with Gasteiger partial charge in [-0.15, -0.1) is 0 Å². The molecule has 134 valence electrons. The molecule has 5 heteroatoms. The van der Waals surface area contributed by atoms with Crippen LogP contribution in [0.2, 0.25) is 0 Å². The normalized spacial score (nSPS) is 11.9. The Morgan fingerprint density at radius 3 is 2.58 bits per heavy atom. The minimum Gasteiger partial charge on any atom is -0.394 e. The third-order valence-corrected chi connectivity index (χ3v) is 4.26. The second kappa shape index (κ2) is 8.45. The topological polar surface area (TPSA) is 74.2 Å². The van der Waals surface area contributed by atoms with E-state index in [1.807, 2.05) is 67.6 Å². The molecule has 0 aliphatic carbocycles. The molecule has 0 saturated heterocycles. The summed E-state index contributed by atoms with van der Waals surface area (Å²) in [5.74, 6) is 0. The molecule has 2 aromatic carbocycles. The molecule has 3 rings (SSSR count). The number of benzene rings is 2. The van der Waals surface area contributed by atoms with Crippen LogP contribution in [-0.2, 0) is 12.8 Å². The second-order valence-corrected chi connectivity index (χ2v) is 6.20. The van der Waals surface area contributed by atoms with Crippen LogP contribution in [0.25, 0.3) is 10.9 Å². The Morgan fingerprint density at radius 2 is 1.85 bits per heavy atom. The predicted molar refractivity (Wildman–Crippen MR) is 104 cm³/mol. The molecular formula is C21H23N3O2. The number of aryl methyl sites for hydroxylation is 1. The molecule has 26 heavy (non-hydrogen) atoms. The maximum Gasteiger partial charge on any atom is 0.319 e. The van der Waals surface area contributed by atoms with E-state index < -0.39 is 0 Å². The van der Waals surface area contributed by atoms with E-state index in [1.54, 1.807) is 0 Å². The van der Waals surface area contributed by atoms with Gasteiger partial charge in [0.2, 0.25) is 0 Å². The number of aliphatic hydroxyl groups is 1. The fraction of sp³-hybridized carbons (Fsp3) is 0.238. The molecule has 3 N–H and O–H groups in total. The minimum absolute atomic E-state index is 0.125. The molecule has 0 aliphatic heterocycles. The van der Waals surface area contributed by atoms with Crippen LogP contribution < -0.4 is 10.6 Å². The molecule has 1 aromatic heterocycles. The number of hydrogen-bond acceptors (Lipinski definition) is 3. The zero-order chi connectivity index (χ0) is 18.4. The zero-order valence-electron chi connectivity index (χ0n) is 14.8. The lowest BCUT2D eigenvalue weighted by molar-refractivity contribution is 0.224. The minimum atomic E-state index is -0.351. The van der Waals surface area contributed by atoms with Gasteiger partial charge >= 0.3 is 6.03 Å². The van der Waals surface area contributed by atoms with Gasteiger partial charge in [-0.25, -0.2) is 4.79 Å². The second-order valence-electron chi connectivity index (χ2n) is 6.20. The molecule has 0 bridgehead atoms. The first kappa shape index (κ1) is 17.9. The van der Waals surface area contributed by atoms with Crippen molar-refractivity contribution in [2.75, 3.05) is 11.9 Å². The summed E-state index contributed by atoms with van der Waals surface area (Å²) in [6.45, 7) is 1.90. The van der Waals surface area contributed by atoms with Gasteiger partial charge in [0.05, 0.1) is 23.9 Å². The lowest BCUT2D eigenvalue weighted by Gasteiger charge is -2.18. The molecule has 0 aliphatic rings. The molecule has 0 saturated carbocycles. The third kappa shape index (κ3) is 4.37. The summed E-state index contributed by atoms with van der Waals surface area (Å²) in [5.41, 5.74) is 3.56. The molecule has 1 heterocycles. The van der Waals surface area contributed by atoms with E-state index in [-0.39, 0.29) is 18.7 Å². The highest BCUT2D eigenvalue weighted by Crippen LogP contribution is 2.23. The molecular weight excluding hydrogens is 326 g/mol. The van der Waals surface area contributed by atoms with Gasteiger partial charge in [0.15, 0.2) is 0 Å². The van der Waals surface area contributed by atoms with Crippen molar-refractivity contribution in [3.63, 3.8) is 0 Å². The number of fused-ring (bicyclic) bond motifs is 1. The molecule has 0 radical (unpaired) electrons. The largest absolute Gasteiger partial charge is 0.394 e. The van der Waals surface area contributed by atoms with E-state index in [0.717, 1.165) is 34.3 Å². The number of para-hydroxylation sites is 1. The van der Waals surface area contributed by atoms with Gasteiger partial charge in [0, 0.05) is 11.1 Å². The highest BCUT2D eigenvalue weighted by molar-refractivity contribution is 6.00. The van der Waals surface area contributed by atoms with Gasteiger partial charge in [0.25, 0.3) is 0 Å². The van der Waals surface area contributed by atoms with E-state index in [9.17, 15) is 9.90 Å². The van der Waals surface area contributed by atoms with Gasteiger partial charge in [-0.1, -0.05) is 55.5 Å². The molecule has 0 fully saturated rings. The van der Waals surface area contributed by atoms with Crippen LogP contribution in [0.3, 0.4) is 0 Å². The summed E-state index contributed by atoms with van der Waals surface area (Å²) >= 11 is 0. The van der Waals surface area contributed by atoms with Gasteiger partial charge in [-0.3, -0.25) is 4.98 Å². The lowest BCUT2D eigenvalue weighted by atomic mass is 10.1. The molecule has 0 unspecified atom stereocenters. The number of pyridine rings is 1. The highest BCUT2D eigenvalue weighted by Gasteiger charge is 2.14.